The van der Waals surface area contributed by atoms with Gasteiger partial charge in [-0.3, -0.25) is 0 Å². The van der Waals surface area contributed by atoms with Crippen LogP contribution in [0.5, 0.6) is 0 Å². The minimum atomic E-state index is -0.502. The van der Waals surface area contributed by atoms with Crippen molar-refractivity contribution in [3.63, 3.8) is 0 Å². The van der Waals surface area contributed by atoms with Gasteiger partial charge in [0.25, 0.3) is 0 Å². The summed E-state index contributed by atoms with van der Waals surface area (Å²) in [7, 11) is 1.75. The van der Waals surface area contributed by atoms with Crippen LogP contribution in [0, 0.1) is 12.8 Å². The first kappa shape index (κ1) is 20.1. The number of carbonyl (C=O) groups is 2. The van der Waals surface area contributed by atoms with E-state index in [4.69, 9.17) is 4.74 Å². The van der Waals surface area contributed by atoms with Gasteiger partial charge in [0.1, 0.15) is 5.60 Å². The molecule has 1 aromatic rings. The van der Waals surface area contributed by atoms with E-state index >= 15 is 0 Å². The van der Waals surface area contributed by atoms with Gasteiger partial charge in [0.2, 0.25) is 0 Å². The Morgan fingerprint density at radius 3 is 2.54 bits per heavy atom. The van der Waals surface area contributed by atoms with Crippen LogP contribution in [0.1, 0.15) is 39.2 Å². The Morgan fingerprint density at radius 2 is 1.92 bits per heavy atom. The van der Waals surface area contributed by atoms with E-state index in [0.29, 0.717) is 13.1 Å². The molecule has 1 aliphatic heterocycles. The lowest BCUT2D eigenvalue weighted by Crippen LogP contribution is -2.46. The van der Waals surface area contributed by atoms with Crippen LogP contribution >= 0.6 is 0 Å². The molecule has 1 saturated heterocycles. The molecule has 1 heterocycles. The van der Waals surface area contributed by atoms with Gasteiger partial charge in [0.15, 0.2) is 0 Å². The normalized spacial score (nSPS) is 17.6. The molecule has 0 saturated carbocycles. The molecular weight excluding hydrogens is 330 g/mol. The predicted molar refractivity (Wildman–Crippen MR) is 103 cm³/mol. The Morgan fingerprint density at radius 1 is 1.27 bits per heavy atom. The third-order valence-electron chi connectivity index (χ3n) is 4.35. The van der Waals surface area contributed by atoms with Crippen LogP contribution in [0.2, 0.25) is 0 Å². The molecule has 144 valence electrons. The number of carbonyl (C=O) groups excluding carboxylic acids is 2. The quantitative estimate of drug-likeness (QED) is 0.881. The molecule has 0 radical (unpaired) electrons. The van der Waals surface area contributed by atoms with Crippen molar-refractivity contribution in [1.29, 1.82) is 0 Å². The lowest BCUT2D eigenvalue weighted by atomic mass is 9.98. The maximum absolute atomic E-state index is 12.5. The number of anilines is 1. The third-order valence-corrected chi connectivity index (χ3v) is 4.35. The lowest BCUT2D eigenvalue weighted by Gasteiger charge is -2.35. The second-order valence-electron chi connectivity index (χ2n) is 8.11. The van der Waals surface area contributed by atoms with Crippen LogP contribution < -0.4 is 5.32 Å². The largest absolute Gasteiger partial charge is 0.444 e. The van der Waals surface area contributed by atoms with Gasteiger partial charge in [-0.05, 0) is 58.6 Å². The fourth-order valence-electron chi connectivity index (χ4n) is 3.04. The van der Waals surface area contributed by atoms with Crippen LogP contribution in [-0.2, 0) is 4.74 Å². The molecule has 0 aliphatic carbocycles. The molecule has 0 aromatic heterocycles. The van der Waals surface area contributed by atoms with Gasteiger partial charge in [0.05, 0.1) is 0 Å². The summed E-state index contributed by atoms with van der Waals surface area (Å²) in [6.45, 7) is 9.56. The maximum atomic E-state index is 12.5. The van der Waals surface area contributed by atoms with Crippen molar-refractivity contribution in [2.24, 2.45) is 5.92 Å². The minimum absolute atomic E-state index is 0.0847. The van der Waals surface area contributed by atoms with Crippen molar-refractivity contribution in [2.45, 2.75) is 46.1 Å². The molecule has 1 unspecified atom stereocenters. The first-order valence-corrected chi connectivity index (χ1v) is 9.21. The molecule has 1 atom stereocenters. The minimum Gasteiger partial charge on any atom is -0.444 e. The molecule has 0 spiro atoms. The lowest BCUT2D eigenvalue weighted by molar-refractivity contribution is 0.0253. The molecule has 1 N–H and O–H groups in total. The smallest absolute Gasteiger partial charge is 0.410 e. The molecule has 26 heavy (non-hydrogen) atoms. The van der Waals surface area contributed by atoms with Crippen LogP contribution in [0.4, 0.5) is 15.3 Å². The molecule has 2 rings (SSSR count). The van der Waals surface area contributed by atoms with Crippen LogP contribution in [0.15, 0.2) is 24.3 Å². The van der Waals surface area contributed by atoms with Crippen molar-refractivity contribution >= 4 is 17.8 Å². The number of ether oxygens (including phenoxy) is 1. The summed E-state index contributed by atoms with van der Waals surface area (Å²) in [5.41, 5.74) is 1.46. The van der Waals surface area contributed by atoms with Crippen LogP contribution in [0.25, 0.3) is 0 Å². The van der Waals surface area contributed by atoms with E-state index in [1.807, 2.05) is 56.9 Å². The SMILES string of the molecule is Cc1ccc(NC(=O)N2CCCC(CN(C)C(=O)OC(C)(C)C)C2)cc1. The van der Waals surface area contributed by atoms with Crippen molar-refractivity contribution in [1.82, 2.24) is 9.80 Å². The maximum Gasteiger partial charge on any atom is 0.410 e. The van der Waals surface area contributed by atoms with E-state index in [1.165, 1.54) is 0 Å². The third kappa shape index (κ3) is 6.24. The number of hydrogen-bond acceptors (Lipinski definition) is 3. The number of nitrogens with one attached hydrogen (secondary N) is 1. The van der Waals surface area contributed by atoms with Gasteiger partial charge in [-0.2, -0.15) is 0 Å². The van der Waals surface area contributed by atoms with E-state index in [9.17, 15) is 9.59 Å². The molecule has 3 amide bonds. The van der Waals surface area contributed by atoms with E-state index in [2.05, 4.69) is 5.32 Å². The molecule has 1 aromatic carbocycles. The Labute approximate surface area is 156 Å². The zero-order valence-corrected chi connectivity index (χ0v) is 16.5. The standard InChI is InChI=1S/C20H31N3O3/c1-15-8-10-17(11-9-15)21-18(24)23-12-6-7-16(14-23)13-22(5)19(25)26-20(2,3)4/h8-11,16H,6-7,12-14H2,1-5H3,(H,21,24). The Bertz CT molecular complexity index is 622. The second-order valence-corrected chi connectivity index (χ2v) is 8.11. The van der Waals surface area contributed by atoms with E-state index < -0.39 is 5.60 Å². The summed E-state index contributed by atoms with van der Waals surface area (Å²) in [5.74, 6) is 0.255. The highest BCUT2D eigenvalue weighted by molar-refractivity contribution is 5.89. The molecule has 1 fully saturated rings. The number of nitrogens with zero attached hydrogens (tertiary/aromatic N) is 2. The fourth-order valence-corrected chi connectivity index (χ4v) is 3.04. The summed E-state index contributed by atoms with van der Waals surface area (Å²) < 4.78 is 5.40. The molecule has 1 aliphatic rings. The summed E-state index contributed by atoms with van der Waals surface area (Å²) >= 11 is 0. The zero-order valence-electron chi connectivity index (χ0n) is 16.5. The number of rotatable bonds is 3. The first-order chi connectivity index (χ1) is 12.1. The number of aryl methyl sites for hydroxylation is 1. The predicted octanol–water partition coefficient (Wildman–Crippen LogP) is 4.11. The van der Waals surface area contributed by atoms with Gasteiger partial charge >= 0.3 is 12.1 Å². The first-order valence-electron chi connectivity index (χ1n) is 9.21. The Kier molecular flexibility index (Phi) is 6.51. The van der Waals surface area contributed by atoms with Gasteiger partial charge in [-0.15, -0.1) is 0 Å². The molecule has 0 bridgehead atoms. The number of benzene rings is 1. The highest BCUT2D eigenvalue weighted by atomic mass is 16.6. The summed E-state index contributed by atoms with van der Waals surface area (Å²) in [6, 6.07) is 7.68. The summed E-state index contributed by atoms with van der Waals surface area (Å²) in [4.78, 5) is 28.1. The average Bonchev–Trinajstić information content (AvgIpc) is 2.55. The number of hydrogen-bond donors (Lipinski definition) is 1. The van der Waals surface area contributed by atoms with Gasteiger partial charge < -0.3 is 19.9 Å². The number of likely N-dealkylation sites (tertiary alicyclic amines) is 1. The molecular formula is C20H31N3O3. The topological polar surface area (TPSA) is 61.9 Å². The van der Waals surface area contributed by atoms with Crippen molar-refractivity contribution < 1.29 is 14.3 Å². The summed E-state index contributed by atoms with van der Waals surface area (Å²) in [6.07, 6.45) is 1.62. The highest BCUT2D eigenvalue weighted by Crippen LogP contribution is 2.20. The fraction of sp³-hybridized carbons (Fsp3) is 0.600. The van der Waals surface area contributed by atoms with Gasteiger partial charge in [-0.1, -0.05) is 17.7 Å². The van der Waals surface area contributed by atoms with Crippen LogP contribution in [0.3, 0.4) is 0 Å². The zero-order chi connectivity index (χ0) is 19.3. The number of urea groups is 1. The highest BCUT2D eigenvalue weighted by Gasteiger charge is 2.27. The van der Waals surface area contributed by atoms with E-state index in [0.717, 1.165) is 30.6 Å². The number of piperidine rings is 1. The van der Waals surface area contributed by atoms with Crippen molar-refractivity contribution in [2.75, 3.05) is 32.0 Å². The average molecular weight is 361 g/mol. The van der Waals surface area contributed by atoms with Crippen molar-refractivity contribution in [3.05, 3.63) is 29.8 Å². The molecule has 6 heteroatoms. The second kappa shape index (κ2) is 8.43. The van der Waals surface area contributed by atoms with Crippen molar-refractivity contribution in [3.8, 4) is 0 Å². The van der Waals surface area contributed by atoms with Crippen LogP contribution in [-0.4, -0.2) is 54.2 Å². The Balaban J connectivity index is 1.86. The number of amides is 3. The molecule has 6 nitrogen and oxygen atoms in total. The summed E-state index contributed by atoms with van der Waals surface area (Å²) in [5, 5.41) is 2.95. The van der Waals surface area contributed by atoms with E-state index in [-0.39, 0.29) is 18.0 Å². The van der Waals surface area contributed by atoms with Gasteiger partial charge in [-0.25, -0.2) is 9.59 Å². The van der Waals surface area contributed by atoms with Gasteiger partial charge in [0, 0.05) is 32.4 Å². The Hall–Kier alpha value is -2.24. The monoisotopic (exact) mass is 361 g/mol. The van der Waals surface area contributed by atoms with E-state index in [1.54, 1.807) is 11.9 Å².